The summed E-state index contributed by atoms with van der Waals surface area (Å²) in [6.07, 6.45) is -5.01. The number of carbonyl (C=O) groups excluding carboxylic acids is 1. The van der Waals surface area contributed by atoms with Gasteiger partial charge in [-0.2, -0.15) is 13.2 Å². The number of benzene rings is 3. The maximum Gasteiger partial charge on any atom is 0.607 e. The molecule has 3 rings (SSSR count). The number of rotatable bonds is 5. The van der Waals surface area contributed by atoms with Gasteiger partial charge in [0, 0.05) is 0 Å². The highest BCUT2D eigenvalue weighted by molar-refractivity contribution is 8.30. The smallest absolute Gasteiger partial charge is 0.497 e. The van der Waals surface area contributed by atoms with Crippen LogP contribution in [0.5, 0.6) is 5.75 Å². The van der Waals surface area contributed by atoms with Crippen molar-refractivity contribution in [1.82, 2.24) is 0 Å². The van der Waals surface area contributed by atoms with E-state index in [1.165, 1.54) is 7.11 Å². The van der Waals surface area contributed by atoms with Gasteiger partial charge < -0.3 is 9.53 Å². The van der Waals surface area contributed by atoms with Crippen LogP contribution >= 0.6 is 10.3 Å². The molecular formula is C21H18F3O3S+. The van der Waals surface area contributed by atoms with Crippen LogP contribution in [0, 0.1) is 0 Å². The average molecular weight is 407 g/mol. The summed E-state index contributed by atoms with van der Waals surface area (Å²) < 4.78 is 50.3. The minimum atomic E-state index is -5.01. The van der Waals surface area contributed by atoms with Gasteiger partial charge in [0.1, 0.15) is 5.75 Å². The van der Waals surface area contributed by atoms with Crippen LogP contribution in [0.15, 0.2) is 99.6 Å². The molecule has 0 aromatic heterocycles. The fourth-order valence-corrected chi connectivity index (χ4v) is 5.75. The first-order valence-corrected chi connectivity index (χ1v) is 9.84. The average Bonchev–Trinajstić information content (AvgIpc) is 2.72. The minimum absolute atomic E-state index is 0.488. The second-order valence-electron chi connectivity index (χ2n) is 5.74. The summed E-state index contributed by atoms with van der Waals surface area (Å²) in [5, 5.41) is 0. The second-order valence-corrected chi connectivity index (χ2v) is 8.44. The minimum Gasteiger partial charge on any atom is -0.497 e. The Hall–Kier alpha value is -2.93. The Kier molecular flexibility index (Phi) is 5.65. The van der Waals surface area contributed by atoms with E-state index in [1.807, 2.05) is 0 Å². The van der Waals surface area contributed by atoms with Gasteiger partial charge in [0.05, 0.1) is 32.1 Å². The summed E-state index contributed by atoms with van der Waals surface area (Å²) in [5.41, 5.74) is 0. The Bertz CT molecular complexity index is 887. The van der Waals surface area contributed by atoms with Crippen molar-refractivity contribution < 1.29 is 26.9 Å². The standard InChI is InChI=1S/C21H17F3O3S/c1-26-16-12-14-19(15-13-16)28(17-8-4-2-5-9-17,18-10-6-3-7-11-18)27-20(25)21(22,23)24/h2-15H,1H3/p+1. The van der Waals surface area contributed by atoms with Crippen molar-refractivity contribution in [2.75, 3.05) is 7.11 Å². The van der Waals surface area contributed by atoms with E-state index in [0.29, 0.717) is 20.4 Å². The zero-order valence-corrected chi connectivity index (χ0v) is 15.7. The van der Waals surface area contributed by atoms with Gasteiger partial charge in [0.25, 0.3) is 0 Å². The molecule has 0 bridgehead atoms. The lowest BCUT2D eigenvalue weighted by molar-refractivity contribution is -0.0777. The molecule has 0 aliphatic rings. The van der Waals surface area contributed by atoms with E-state index in [9.17, 15) is 18.0 Å². The van der Waals surface area contributed by atoms with E-state index in [4.69, 9.17) is 8.92 Å². The van der Waals surface area contributed by atoms with E-state index >= 15 is 0 Å². The molecule has 3 aromatic carbocycles. The Labute approximate surface area is 162 Å². The zero-order valence-electron chi connectivity index (χ0n) is 14.9. The predicted molar refractivity (Wildman–Crippen MR) is 102 cm³/mol. The van der Waals surface area contributed by atoms with Crippen molar-refractivity contribution in [3.8, 4) is 5.75 Å². The highest BCUT2D eigenvalue weighted by atomic mass is 32.3. The van der Waals surface area contributed by atoms with Crippen LogP contribution in [0.3, 0.4) is 0 Å². The molecule has 0 spiro atoms. The van der Waals surface area contributed by atoms with Crippen LogP contribution < -0.4 is 4.74 Å². The Morgan fingerprint density at radius 1 is 0.750 bits per heavy atom. The van der Waals surface area contributed by atoms with E-state index in [2.05, 4.69) is 0 Å². The molecule has 0 fully saturated rings. The molecule has 7 heteroatoms. The predicted octanol–water partition coefficient (Wildman–Crippen LogP) is 5.97. The third kappa shape index (κ3) is 3.84. The zero-order chi connectivity index (χ0) is 20.2. The van der Waals surface area contributed by atoms with Crippen molar-refractivity contribution >= 4 is 16.3 Å². The van der Waals surface area contributed by atoms with E-state index in [0.717, 1.165) is 0 Å². The molecule has 0 saturated carbocycles. The molecule has 0 unspecified atom stereocenters. The van der Waals surface area contributed by atoms with Gasteiger partial charge in [0.15, 0.2) is 0 Å². The molecule has 0 aliphatic heterocycles. The molecule has 3 nitrogen and oxygen atoms in total. The molecule has 0 saturated heterocycles. The number of alkyl halides is 3. The normalized spacial score (nSPS) is 12.3. The lowest BCUT2D eigenvalue weighted by Gasteiger charge is -2.33. The number of ether oxygens (including phenoxy) is 1. The SMILES string of the molecule is COc1ccc(S(OC(=[OH+])C(F)(F)F)(c2ccccc2)c2ccccc2)cc1. The molecule has 0 radical (unpaired) electrons. The fraction of sp³-hybridized carbons (Fsp3) is 0.0952. The molecule has 0 atom stereocenters. The third-order valence-corrected chi connectivity index (χ3v) is 7.20. The molecule has 0 heterocycles. The van der Waals surface area contributed by atoms with Crippen LogP contribution in [0.1, 0.15) is 0 Å². The summed E-state index contributed by atoms with van der Waals surface area (Å²) in [7, 11) is -1.40. The van der Waals surface area contributed by atoms with Crippen LogP contribution in [-0.2, 0) is 4.18 Å². The molecule has 0 amide bonds. The van der Waals surface area contributed by atoms with Crippen LogP contribution in [-0.4, -0.2) is 24.0 Å². The van der Waals surface area contributed by atoms with Gasteiger partial charge >= 0.3 is 12.1 Å². The topological polar surface area (TPSA) is 39.9 Å². The number of hydrogen-bond donors (Lipinski definition) is 0. The van der Waals surface area contributed by atoms with Crippen molar-refractivity contribution in [3.05, 3.63) is 84.9 Å². The Morgan fingerprint density at radius 3 is 1.57 bits per heavy atom. The number of methoxy groups -OCH3 is 1. The van der Waals surface area contributed by atoms with Crippen LogP contribution in [0.4, 0.5) is 13.2 Å². The first-order valence-electron chi connectivity index (χ1n) is 8.28. The Balaban J connectivity index is 2.29. The lowest BCUT2D eigenvalue weighted by atomic mass is 10.3. The lowest BCUT2D eigenvalue weighted by Crippen LogP contribution is -2.27. The number of hydrogen-bond acceptors (Lipinski definition) is 2. The quantitative estimate of drug-likeness (QED) is 0.489. The highest BCUT2D eigenvalue weighted by Gasteiger charge is 2.55. The van der Waals surface area contributed by atoms with Gasteiger partial charge in [-0.15, -0.1) is 0 Å². The monoisotopic (exact) mass is 407 g/mol. The maximum atomic E-state index is 13.2. The second kappa shape index (κ2) is 7.98. The summed E-state index contributed by atoms with van der Waals surface area (Å²) in [4.78, 5) is 11.3. The van der Waals surface area contributed by atoms with E-state index in [1.54, 1.807) is 84.9 Å². The summed E-state index contributed by atoms with van der Waals surface area (Å²) in [5.74, 6) is -1.42. The molecular weight excluding hydrogens is 389 g/mol. The molecule has 0 aliphatic carbocycles. The summed E-state index contributed by atoms with van der Waals surface area (Å²) >= 11 is 0. The van der Waals surface area contributed by atoms with Gasteiger partial charge in [-0.25, -0.2) is 4.18 Å². The molecule has 3 aromatic rings. The first kappa shape index (κ1) is 19.8. The van der Waals surface area contributed by atoms with Gasteiger partial charge in [-0.1, -0.05) is 36.4 Å². The van der Waals surface area contributed by atoms with Gasteiger partial charge in [-0.3, -0.25) is 0 Å². The molecule has 1 N–H and O–H groups in total. The van der Waals surface area contributed by atoms with Gasteiger partial charge in [0.2, 0.25) is 0 Å². The Morgan fingerprint density at radius 2 is 1.18 bits per heavy atom. The van der Waals surface area contributed by atoms with Crippen molar-refractivity contribution in [1.29, 1.82) is 0 Å². The van der Waals surface area contributed by atoms with E-state index in [-0.39, 0.29) is 0 Å². The highest BCUT2D eigenvalue weighted by Crippen LogP contribution is 2.69. The van der Waals surface area contributed by atoms with Crippen LogP contribution in [0.2, 0.25) is 0 Å². The van der Waals surface area contributed by atoms with Crippen molar-refractivity contribution in [2.24, 2.45) is 0 Å². The largest absolute Gasteiger partial charge is 0.607 e. The molecule has 28 heavy (non-hydrogen) atoms. The third-order valence-electron chi connectivity index (χ3n) is 3.99. The summed E-state index contributed by atoms with van der Waals surface area (Å²) in [6, 6.07) is 23.8. The van der Waals surface area contributed by atoms with Crippen LogP contribution in [0.25, 0.3) is 0 Å². The number of halogens is 3. The van der Waals surface area contributed by atoms with Crippen molar-refractivity contribution in [2.45, 2.75) is 20.9 Å². The fourth-order valence-electron chi connectivity index (χ4n) is 2.71. The first-order chi connectivity index (χ1) is 13.4. The maximum absolute atomic E-state index is 13.2. The van der Waals surface area contributed by atoms with E-state index < -0.39 is 22.5 Å². The molecule has 146 valence electrons. The van der Waals surface area contributed by atoms with Gasteiger partial charge in [-0.05, 0) is 48.5 Å². The van der Waals surface area contributed by atoms with Crippen molar-refractivity contribution in [3.63, 3.8) is 0 Å². The summed E-state index contributed by atoms with van der Waals surface area (Å²) in [6.45, 7) is 0.